The molecule has 3 heterocycles. The summed E-state index contributed by atoms with van der Waals surface area (Å²) in [5, 5.41) is 8.71. The first-order valence-electron chi connectivity index (χ1n) is 8.90. The van der Waals surface area contributed by atoms with Crippen molar-refractivity contribution in [3.8, 4) is 0 Å². The Morgan fingerprint density at radius 1 is 1.19 bits per heavy atom. The molecule has 2 aromatic heterocycles. The van der Waals surface area contributed by atoms with E-state index in [1.54, 1.807) is 10.9 Å². The Balaban J connectivity index is 1.58. The number of aryl methyl sites for hydroxylation is 2. The predicted octanol–water partition coefficient (Wildman–Crippen LogP) is 2.16. The van der Waals surface area contributed by atoms with E-state index in [0.717, 1.165) is 35.8 Å². The van der Waals surface area contributed by atoms with Gasteiger partial charge in [0, 0.05) is 20.1 Å². The Bertz CT molecular complexity index is 894. The highest BCUT2D eigenvalue weighted by Crippen LogP contribution is 2.29. The third-order valence-corrected chi connectivity index (χ3v) is 4.92. The zero-order valence-electron chi connectivity index (χ0n) is 15.4. The van der Waals surface area contributed by atoms with Crippen molar-refractivity contribution in [3.63, 3.8) is 0 Å². The van der Waals surface area contributed by atoms with E-state index in [0.29, 0.717) is 6.54 Å². The summed E-state index contributed by atoms with van der Waals surface area (Å²) in [6.45, 7) is 4.23. The van der Waals surface area contributed by atoms with Crippen molar-refractivity contribution in [3.05, 3.63) is 47.9 Å². The fourth-order valence-corrected chi connectivity index (χ4v) is 3.62. The molecule has 26 heavy (non-hydrogen) atoms. The lowest BCUT2D eigenvalue weighted by Crippen LogP contribution is -2.46. The van der Waals surface area contributed by atoms with Crippen LogP contribution >= 0.6 is 0 Å². The topological polar surface area (TPSA) is 68.1 Å². The minimum Gasteiger partial charge on any atom is -0.373 e. The quantitative estimate of drug-likeness (QED) is 0.776. The Hall–Kier alpha value is -2.51. The molecule has 4 rings (SSSR count). The third-order valence-electron chi connectivity index (χ3n) is 4.92. The zero-order chi connectivity index (χ0) is 18.1. The lowest BCUT2D eigenvalue weighted by atomic mass is 9.98. The first kappa shape index (κ1) is 16.9. The minimum atomic E-state index is 0.0399. The number of rotatable bonds is 4. The van der Waals surface area contributed by atoms with Gasteiger partial charge in [-0.05, 0) is 19.5 Å². The Labute approximate surface area is 153 Å². The molecule has 7 heteroatoms. The molecule has 1 N–H and O–H groups in total. The average molecular weight is 352 g/mol. The van der Waals surface area contributed by atoms with Gasteiger partial charge in [-0.3, -0.25) is 9.58 Å². The largest absolute Gasteiger partial charge is 0.373 e. The van der Waals surface area contributed by atoms with Crippen LogP contribution < -0.4 is 5.32 Å². The van der Waals surface area contributed by atoms with Gasteiger partial charge in [-0.25, -0.2) is 9.97 Å². The smallest absolute Gasteiger partial charge is 0.163 e. The second-order valence-electron chi connectivity index (χ2n) is 6.75. The summed E-state index contributed by atoms with van der Waals surface area (Å²) in [5.41, 5.74) is 2.10. The van der Waals surface area contributed by atoms with E-state index in [4.69, 9.17) is 4.74 Å². The van der Waals surface area contributed by atoms with Crippen LogP contribution in [-0.4, -0.2) is 57.5 Å². The van der Waals surface area contributed by atoms with Crippen LogP contribution in [0, 0.1) is 6.92 Å². The van der Waals surface area contributed by atoms with Gasteiger partial charge in [0.2, 0.25) is 0 Å². The van der Waals surface area contributed by atoms with Crippen LogP contribution in [0.3, 0.4) is 0 Å². The minimum absolute atomic E-state index is 0.0399. The van der Waals surface area contributed by atoms with Crippen LogP contribution in [0.2, 0.25) is 0 Å². The van der Waals surface area contributed by atoms with Crippen molar-refractivity contribution in [2.24, 2.45) is 7.05 Å². The third kappa shape index (κ3) is 3.15. The molecular formula is C19H24N6O. The molecule has 3 aromatic rings. The number of nitrogens with one attached hydrogen (secondary N) is 1. The van der Waals surface area contributed by atoms with Crippen molar-refractivity contribution >= 4 is 16.9 Å². The van der Waals surface area contributed by atoms with Gasteiger partial charge in [0.15, 0.2) is 5.65 Å². The van der Waals surface area contributed by atoms with Crippen LogP contribution in [0.25, 0.3) is 11.0 Å². The molecule has 0 aliphatic carbocycles. The number of anilines is 1. The molecule has 1 aromatic carbocycles. The summed E-state index contributed by atoms with van der Waals surface area (Å²) in [7, 11) is 4.05. The number of benzene rings is 1. The number of likely N-dealkylation sites (N-methyl/N-ethyl adjacent to an activating group) is 1. The normalized spacial score (nSPS) is 21.2. The van der Waals surface area contributed by atoms with Gasteiger partial charge in [0.25, 0.3) is 0 Å². The maximum atomic E-state index is 6.12. The van der Waals surface area contributed by atoms with Gasteiger partial charge < -0.3 is 10.1 Å². The van der Waals surface area contributed by atoms with Crippen molar-refractivity contribution in [2.75, 3.05) is 32.1 Å². The monoisotopic (exact) mass is 352 g/mol. The molecule has 0 radical (unpaired) electrons. The van der Waals surface area contributed by atoms with E-state index in [2.05, 4.69) is 56.6 Å². The van der Waals surface area contributed by atoms with Gasteiger partial charge in [0.1, 0.15) is 11.6 Å². The van der Waals surface area contributed by atoms with Gasteiger partial charge >= 0.3 is 0 Å². The lowest BCUT2D eigenvalue weighted by Gasteiger charge is -2.39. The highest BCUT2D eigenvalue weighted by atomic mass is 16.5. The maximum Gasteiger partial charge on any atom is 0.163 e. The first-order valence-corrected chi connectivity index (χ1v) is 8.90. The zero-order valence-corrected chi connectivity index (χ0v) is 15.4. The summed E-state index contributed by atoms with van der Waals surface area (Å²) in [5.74, 6) is 1.54. The first-order chi connectivity index (χ1) is 12.6. The van der Waals surface area contributed by atoms with Crippen molar-refractivity contribution < 1.29 is 4.74 Å². The summed E-state index contributed by atoms with van der Waals surface area (Å²) in [6.07, 6.45) is 1.85. The molecule has 0 spiro atoms. The van der Waals surface area contributed by atoms with Crippen molar-refractivity contribution in [2.45, 2.75) is 19.1 Å². The highest BCUT2D eigenvalue weighted by Gasteiger charge is 2.31. The number of nitrogens with zero attached hydrogens (tertiary/aromatic N) is 5. The molecule has 0 saturated carbocycles. The van der Waals surface area contributed by atoms with E-state index >= 15 is 0 Å². The van der Waals surface area contributed by atoms with E-state index < -0.39 is 0 Å². The number of hydrogen-bond donors (Lipinski definition) is 1. The highest BCUT2D eigenvalue weighted by molar-refractivity contribution is 5.86. The average Bonchev–Trinajstić information content (AvgIpc) is 3.01. The Morgan fingerprint density at radius 3 is 2.81 bits per heavy atom. The fourth-order valence-electron chi connectivity index (χ4n) is 3.62. The molecule has 1 saturated heterocycles. The summed E-state index contributed by atoms with van der Waals surface area (Å²) < 4.78 is 7.89. The molecule has 0 unspecified atom stereocenters. The number of fused-ring (bicyclic) bond motifs is 1. The molecule has 1 fully saturated rings. The summed E-state index contributed by atoms with van der Waals surface area (Å²) in [4.78, 5) is 11.4. The van der Waals surface area contributed by atoms with Crippen molar-refractivity contribution in [1.82, 2.24) is 24.6 Å². The van der Waals surface area contributed by atoms with Gasteiger partial charge in [-0.1, -0.05) is 30.3 Å². The Morgan fingerprint density at radius 2 is 2.00 bits per heavy atom. The fraction of sp³-hybridized carbons (Fsp3) is 0.421. The van der Waals surface area contributed by atoms with Crippen molar-refractivity contribution in [1.29, 1.82) is 0 Å². The summed E-state index contributed by atoms with van der Waals surface area (Å²) >= 11 is 0. The molecule has 1 aliphatic heterocycles. The SMILES string of the molecule is Cc1nc(NC[C@@H]2OCCN(C)[C@H]2c2ccccc2)c2cnn(C)c2n1. The second-order valence-corrected chi connectivity index (χ2v) is 6.75. The van der Waals surface area contributed by atoms with Crippen LogP contribution in [-0.2, 0) is 11.8 Å². The second kappa shape index (κ2) is 7.01. The molecular weight excluding hydrogens is 328 g/mol. The van der Waals surface area contributed by atoms with E-state index in [1.807, 2.05) is 20.0 Å². The molecule has 7 nitrogen and oxygen atoms in total. The van der Waals surface area contributed by atoms with Gasteiger partial charge in [-0.15, -0.1) is 0 Å². The van der Waals surface area contributed by atoms with E-state index in [-0.39, 0.29) is 12.1 Å². The number of hydrogen-bond acceptors (Lipinski definition) is 6. The Kier molecular flexibility index (Phi) is 4.57. The number of morpholine rings is 1. The van der Waals surface area contributed by atoms with Gasteiger partial charge in [-0.2, -0.15) is 5.10 Å². The lowest BCUT2D eigenvalue weighted by molar-refractivity contribution is -0.0556. The molecule has 0 amide bonds. The predicted molar refractivity (Wildman–Crippen MR) is 101 cm³/mol. The molecule has 0 bridgehead atoms. The van der Waals surface area contributed by atoms with Crippen LogP contribution in [0.5, 0.6) is 0 Å². The number of ether oxygens (including phenoxy) is 1. The standard InChI is InChI=1S/C19H24N6O/c1-13-22-18(15-11-21-25(3)19(15)23-13)20-12-16-17(24(2)9-10-26-16)14-7-5-4-6-8-14/h4-8,11,16-17H,9-10,12H2,1-3H3,(H,20,22,23)/t16-,17-/m0/s1. The summed E-state index contributed by atoms with van der Waals surface area (Å²) in [6, 6.07) is 10.7. The van der Waals surface area contributed by atoms with E-state index in [9.17, 15) is 0 Å². The van der Waals surface area contributed by atoms with Crippen LogP contribution in [0.1, 0.15) is 17.4 Å². The van der Waals surface area contributed by atoms with Gasteiger partial charge in [0.05, 0.1) is 30.3 Å². The van der Waals surface area contributed by atoms with Crippen LogP contribution in [0.15, 0.2) is 36.5 Å². The number of aromatic nitrogens is 4. The molecule has 1 aliphatic rings. The maximum absolute atomic E-state index is 6.12. The van der Waals surface area contributed by atoms with E-state index in [1.165, 1.54) is 5.56 Å². The molecule has 2 atom stereocenters. The van der Waals surface area contributed by atoms with Crippen LogP contribution in [0.4, 0.5) is 5.82 Å². The molecule has 136 valence electrons.